The highest BCUT2D eigenvalue weighted by atomic mass is 32.2. The molecule has 0 spiro atoms. The van der Waals surface area contributed by atoms with Gasteiger partial charge in [0.25, 0.3) is 0 Å². The Morgan fingerprint density at radius 3 is 2.70 bits per heavy atom. The summed E-state index contributed by atoms with van der Waals surface area (Å²) in [6.07, 6.45) is 1.89. The van der Waals surface area contributed by atoms with Crippen LogP contribution >= 0.6 is 11.8 Å². The van der Waals surface area contributed by atoms with Crippen molar-refractivity contribution in [2.45, 2.75) is 25.5 Å². The molecule has 0 fully saturated rings. The Bertz CT molecular complexity index is 906. The summed E-state index contributed by atoms with van der Waals surface area (Å²) in [5, 5.41) is 16.4. The number of nitrogens with one attached hydrogen (secondary N) is 1. The van der Waals surface area contributed by atoms with Crippen LogP contribution in [0.4, 0.5) is 5.69 Å². The first kappa shape index (κ1) is 19.0. The molecule has 0 radical (unpaired) electrons. The number of rotatable bonds is 8. The molecule has 1 amide bonds. The average molecular weight is 386 g/mol. The van der Waals surface area contributed by atoms with E-state index < -0.39 is 0 Å². The topological polar surface area (TPSA) is 86.9 Å². The molecule has 0 unspecified atom stereocenters. The maximum Gasteiger partial charge on any atom is 0.243 e. The molecule has 9 heteroatoms. The van der Waals surface area contributed by atoms with E-state index in [-0.39, 0.29) is 11.7 Å². The molecule has 3 rings (SSSR count). The highest BCUT2D eigenvalue weighted by molar-refractivity contribution is 7.99. The number of carbonyl (C=O) groups excluding carboxylic acids is 1. The van der Waals surface area contributed by atoms with Gasteiger partial charge in [0.15, 0.2) is 11.0 Å². The zero-order valence-electron chi connectivity index (χ0n) is 15.5. The number of thioether (sulfide) groups is 1. The van der Waals surface area contributed by atoms with E-state index in [2.05, 4.69) is 20.6 Å². The lowest BCUT2D eigenvalue weighted by Gasteiger charge is -2.05. The second-order valence-electron chi connectivity index (χ2n) is 5.70. The van der Waals surface area contributed by atoms with Crippen molar-refractivity contribution in [1.82, 2.24) is 24.5 Å². The van der Waals surface area contributed by atoms with Crippen molar-refractivity contribution in [3.8, 4) is 17.3 Å². The van der Waals surface area contributed by atoms with Gasteiger partial charge in [-0.25, -0.2) is 0 Å². The van der Waals surface area contributed by atoms with Gasteiger partial charge in [0.2, 0.25) is 11.8 Å². The Kier molecular flexibility index (Phi) is 6.12. The number of anilines is 1. The molecule has 0 bridgehead atoms. The quantitative estimate of drug-likeness (QED) is 0.599. The molecule has 0 atom stereocenters. The molecule has 2 aromatic heterocycles. The maximum absolute atomic E-state index is 12.1. The second kappa shape index (κ2) is 8.72. The van der Waals surface area contributed by atoms with Gasteiger partial charge in [-0.3, -0.25) is 9.48 Å². The van der Waals surface area contributed by atoms with Crippen LogP contribution in [0.1, 0.15) is 13.8 Å². The molecular formula is C18H22N6O2S. The first-order valence-corrected chi connectivity index (χ1v) is 9.68. The van der Waals surface area contributed by atoms with Crippen LogP contribution in [0.25, 0.3) is 11.4 Å². The van der Waals surface area contributed by atoms with Gasteiger partial charge in [0.05, 0.1) is 12.4 Å². The highest BCUT2D eigenvalue weighted by Crippen LogP contribution is 2.29. The predicted octanol–water partition coefficient (Wildman–Crippen LogP) is 2.83. The highest BCUT2D eigenvalue weighted by Gasteiger charge is 2.19. The summed E-state index contributed by atoms with van der Waals surface area (Å²) in [5.41, 5.74) is 1.56. The summed E-state index contributed by atoms with van der Waals surface area (Å²) in [6.45, 7) is 5.18. The molecule has 8 nitrogen and oxygen atoms in total. The van der Waals surface area contributed by atoms with Crippen molar-refractivity contribution in [3.63, 3.8) is 0 Å². The number of carbonyl (C=O) groups is 1. The number of benzene rings is 1. The molecule has 0 saturated carbocycles. The van der Waals surface area contributed by atoms with Crippen LogP contribution in [-0.4, -0.2) is 42.8 Å². The number of ether oxygens (including phenoxy) is 1. The number of aryl methyl sites for hydroxylation is 1. The third kappa shape index (κ3) is 4.48. The molecule has 27 heavy (non-hydrogen) atoms. The molecule has 0 aliphatic carbocycles. The van der Waals surface area contributed by atoms with Crippen molar-refractivity contribution in [2.24, 2.45) is 7.05 Å². The van der Waals surface area contributed by atoms with Crippen molar-refractivity contribution in [2.75, 3.05) is 17.7 Å². The third-order valence-corrected chi connectivity index (χ3v) is 4.82. The molecule has 0 saturated heterocycles. The first-order valence-electron chi connectivity index (χ1n) is 8.70. The molecule has 0 aliphatic heterocycles. The monoisotopic (exact) mass is 386 g/mol. The van der Waals surface area contributed by atoms with Crippen LogP contribution in [-0.2, 0) is 18.4 Å². The van der Waals surface area contributed by atoms with Crippen molar-refractivity contribution in [3.05, 3.63) is 36.5 Å². The summed E-state index contributed by atoms with van der Waals surface area (Å²) in [5.74, 6) is 1.34. The van der Waals surface area contributed by atoms with E-state index in [0.29, 0.717) is 23.5 Å². The minimum atomic E-state index is -0.0930. The first-order chi connectivity index (χ1) is 13.1. The van der Waals surface area contributed by atoms with Gasteiger partial charge >= 0.3 is 0 Å². The number of amides is 1. The number of nitrogens with zero attached hydrogens (tertiary/aromatic N) is 5. The third-order valence-electron chi connectivity index (χ3n) is 3.80. The second-order valence-corrected chi connectivity index (χ2v) is 6.65. The van der Waals surface area contributed by atoms with E-state index in [0.717, 1.165) is 17.8 Å². The summed E-state index contributed by atoms with van der Waals surface area (Å²) in [6, 6.07) is 9.37. The Morgan fingerprint density at radius 1 is 1.22 bits per heavy atom. The molecule has 1 aromatic carbocycles. The normalized spacial score (nSPS) is 10.8. The van der Waals surface area contributed by atoms with E-state index >= 15 is 0 Å². The van der Waals surface area contributed by atoms with Crippen LogP contribution < -0.4 is 10.1 Å². The number of hydrogen-bond donors (Lipinski definition) is 1. The lowest BCUT2D eigenvalue weighted by Crippen LogP contribution is -2.14. The molecule has 142 valence electrons. The zero-order chi connectivity index (χ0) is 19.2. The van der Waals surface area contributed by atoms with E-state index in [1.807, 2.05) is 62.0 Å². The minimum Gasteiger partial charge on any atom is -0.476 e. The van der Waals surface area contributed by atoms with E-state index in [9.17, 15) is 4.79 Å². The predicted molar refractivity (Wildman–Crippen MR) is 105 cm³/mol. The number of hydrogen-bond acceptors (Lipinski definition) is 6. The van der Waals surface area contributed by atoms with E-state index in [1.54, 1.807) is 4.68 Å². The Labute approximate surface area is 161 Å². The van der Waals surface area contributed by atoms with Gasteiger partial charge in [-0.1, -0.05) is 30.0 Å². The van der Waals surface area contributed by atoms with Crippen LogP contribution in [0.5, 0.6) is 5.88 Å². The Hall–Kier alpha value is -2.81. The fourth-order valence-electron chi connectivity index (χ4n) is 2.49. The molecule has 3 aromatic rings. The van der Waals surface area contributed by atoms with Gasteiger partial charge in [0.1, 0.15) is 5.56 Å². The van der Waals surface area contributed by atoms with Crippen molar-refractivity contribution >= 4 is 23.4 Å². The van der Waals surface area contributed by atoms with Crippen LogP contribution in [0.3, 0.4) is 0 Å². The molecule has 2 heterocycles. The maximum atomic E-state index is 12.1. The van der Waals surface area contributed by atoms with E-state index in [4.69, 9.17) is 4.74 Å². The fourth-order valence-corrected chi connectivity index (χ4v) is 3.20. The summed E-state index contributed by atoms with van der Waals surface area (Å²) in [4.78, 5) is 12.1. The summed E-state index contributed by atoms with van der Waals surface area (Å²) in [7, 11) is 1.87. The lowest BCUT2D eigenvalue weighted by atomic mass is 10.3. The fraction of sp³-hybridized carbons (Fsp3) is 0.333. The number of aromatic nitrogens is 5. The van der Waals surface area contributed by atoms with Crippen LogP contribution in [0.15, 0.2) is 41.7 Å². The van der Waals surface area contributed by atoms with Gasteiger partial charge in [-0.05, 0) is 26.0 Å². The Balaban J connectivity index is 1.70. The minimum absolute atomic E-state index is 0.0930. The van der Waals surface area contributed by atoms with Gasteiger partial charge in [-0.2, -0.15) is 0 Å². The van der Waals surface area contributed by atoms with Crippen molar-refractivity contribution in [1.29, 1.82) is 0 Å². The van der Waals surface area contributed by atoms with Gasteiger partial charge in [0, 0.05) is 25.5 Å². The smallest absolute Gasteiger partial charge is 0.243 e. The molecular weight excluding hydrogens is 364 g/mol. The number of para-hydroxylation sites is 1. The Morgan fingerprint density at radius 2 is 2.00 bits per heavy atom. The summed E-state index contributed by atoms with van der Waals surface area (Å²) >= 11 is 1.33. The van der Waals surface area contributed by atoms with E-state index in [1.165, 1.54) is 11.8 Å². The largest absolute Gasteiger partial charge is 0.476 e. The standard InChI is InChI=1S/C18H22N6O2S/c1-4-24-11-14(17(22-24)26-5-2)16-20-21-18(23(16)3)27-12-15(25)19-13-9-7-6-8-10-13/h6-11H,4-5,12H2,1-3H3,(H,19,25). The van der Waals surface area contributed by atoms with Gasteiger partial charge in [-0.15, -0.1) is 15.3 Å². The van der Waals surface area contributed by atoms with Crippen LogP contribution in [0, 0.1) is 0 Å². The zero-order valence-corrected chi connectivity index (χ0v) is 16.4. The van der Waals surface area contributed by atoms with Crippen molar-refractivity contribution < 1.29 is 9.53 Å². The summed E-state index contributed by atoms with van der Waals surface area (Å²) < 4.78 is 9.27. The van der Waals surface area contributed by atoms with Crippen LogP contribution in [0.2, 0.25) is 0 Å². The SMILES string of the molecule is CCOc1nn(CC)cc1-c1nnc(SCC(=O)Nc2ccccc2)n1C. The molecule has 0 aliphatic rings. The average Bonchev–Trinajstić information content (AvgIpc) is 3.24. The molecule has 1 N–H and O–H groups in total. The van der Waals surface area contributed by atoms with Gasteiger partial charge < -0.3 is 14.6 Å². The lowest BCUT2D eigenvalue weighted by molar-refractivity contribution is -0.113.